The highest BCUT2D eigenvalue weighted by Gasteiger charge is 2.71. The zero-order valence-corrected chi connectivity index (χ0v) is 38.8. The van der Waals surface area contributed by atoms with Gasteiger partial charge in [0.15, 0.2) is 0 Å². The number of hydrogen-bond donors (Lipinski definition) is 0. The van der Waals surface area contributed by atoms with E-state index in [0.29, 0.717) is 49.0 Å². The molecule has 7 rings (SSSR count). The number of hydrogen-bond acceptors (Lipinski definition) is 6. The Bertz CT molecular complexity index is 1630. The topological polar surface area (TPSA) is 59.1 Å². The van der Waals surface area contributed by atoms with Crippen LogP contribution < -0.4 is 0 Å². The molecule has 2 heterocycles. The summed E-state index contributed by atoms with van der Waals surface area (Å²) in [4.78, 5) is 31.3. The molecule has 8 heteroatoms. The van der Waals surface area contributed by atoms with E-state index in [1.165, 1.54) is 44.1 Å². The first kappa shape index (κ1) is 43.8. The number of carbonyl (C=O) groups is 2. The van der Waals surface area contributed by atoms with Gasteiger partial charge in [-0.1, -0.05) is 46.8 Å². The maximum Gasteiger partial charge on any atom is 0.306 e. The molecule has 0 saturated heterocycles. The minimum atomic E-state index is -0.0525. The maximum atomic E-state index is 13.4. The van der Waals surface area contributed by atoms with Gasteiger partial charge in [0.05, 0.1) is 72.1 Å². The van der Waals surface area contributed by atoms with Gasteiger partial charge in [0.2, 0.25) is 0 Å². The van der Waals surface area contributed by atoms with Crippen LogP contribution in [0.25, 0.3) is 0 Å². The molecule has 0 N–H and O–H groups in total. The number of quaternary nitrogens is 2. The van der Waals surface area contributed by atoms with E-state index in [1.54, 1.807) is 0 Å². The molecule has 0 amide bonds. The molecule has 0 aromatic heterocycles. The Balaban J connectivity index is 1.00. The monoisotopic (exact) mass is 805 g/mol. The standard InChI is InChI=1S/C50H84N4O4/c1-37(2)38-18-23-50(36-57-43(55)14-12-30-53(10)32-26-51(8)27-33-53)25-24-48(6)39(45(38)50)16-17-41-47(5)21-20-42(46(3,4)40(47)19-22-49(41,48)7)58-44(56)15-13-31-54(11)34-28-52(9)29-35-54/h26,28,32,34,38-42,45H,1,12-25,27,29-31,33,35-36H2,2-11H3/q+2/t38-,39?,40?,41?,42-,45?,47-,48+,49+,50+,53?,54?/m0/s1. The Labute approximate surface area is 354 Å². The van der Waals surface area contributed by atoms with Crippen LogP contribution in [0.5, 0.6) is 0 Å². The van der Waals surface area contributed by atoms with Crippen LogP contribution in [0, 0.1) is 56.7 Å². The van der Waals surface area contributed by atoms with E-state index in [9.17, 15) is 9.59 Å². The van der Waals surface area contributed by atoms with Crippen molar-refractivity contribution in [3.8, 4) is 0 Å². The van der Waals surface area contributed by atoms with Crippen LogP contribution >= 0.6 is 0 Å². The third kappa shape index (κ3) is 7.75. The average molecular weight is 805 g/mol. The van der Waals surface area contributed by atoms with Gasteiger partial charge >= 0.3 is 11.9 Å². The Hall–Kier alpha value is -2.32. The number of ether oxygens (including phenoxy) is 2. The molecule has 0 radical (unpaired) electrons. The number of likely N-dealkylation sites (N-methyl/N-ethyl adjacent to an activating group) is 4. The highest BCUT2D eigenvalue weighted by Crippen LogP contribution is 2.77. The molecule has 2 aliphatic heterocycles. The summed E-state index contributed by atoms with van der Waals surface area (Å²) in [6.07, 6.45) is 23.5. The van der Waals surface area contributed by atoms with Gasteiger partial charge in [-0.3, -0.25) is 18.6 Å². The van der Waals surface area contributed by atoms with Crippen molar-refractivity contribution in [3.63, 3.8) is 0 Å². The first-order valence-corrected chi connectivity index (χ1v) is 23.7. The van der Waals surface area contributed by atoms with Gasteiger partial charge in [0, 0.05) is 37.8 Å². The van der Waals surface area contributed by atoms with Crippen molar-refractivity contribution < 1.29 is 28.0 Å². The molecule has 5 aliphatic carbocycles. The molecule has 0 bridgehead atoms. The lowest BCUT2D eigenvalue weighted by molar-refractivity contribution is -0.862. The Morgan fingerprint density at radius 1 is 0.741 bits per heavy atom. The third-order valence-corrected chi connectivity index (χ3v) is 19.4. The molecule has 0 aromatic carbocycles. The number of esters is 2. The number of allylic oxidation sites excluding steroid dienone is 1. The average Bonchev–Trinajstić information content (AvgIpc) is 3.55. The molecular weight excluding hydrogens is 721 g/mol. The van der Waals surface area contributed by atoms with Crippen LogP contribution in [0.4, 0.5) is 0 Å². The molecule has 58 heavy (non-hydrogen) atoms. The van der Waals surface area contributed by atoms with Crippen molar-refractivity contribution in [2.75, 3.05) is 74.1 Å². The predicted octanol–water partition coefficient (Wildman–Crippen LogP) is 9.39. The van der Waals surface area contributed by atoms with Crippen LogP contribution in [0.2, 0.25) is 0 Å². The highest BCUT2D eigenvalue weighted by molar-refractivity contribution is 5.69. The second-order valence-electron chi connectivity index (χ2n) is 23.2. The van der Waals surface area contributed by atoms with Gasteiger partial charge in [0.1, 0.15) is 31.6 Å². The van der Waals surface area contributed by atoms with Crippen molar-refractivity contribution in [1.29, 1.82) is 0 Å². The normalized spacial score (nSPS) is 44.1. The Morgan fingerprint density at radius 3 is 1.95 bits per heavy atom. The van der Waals surface area contributed by atoms with Gasteiger partial charge in [-0.05, 0) is 117 Å². The Morgan fingerprint density at radius 2 is 1.36 bits per heavy atom. The van der Waals surface area contributed by atoms with Crippen molar-refractivity contribution >= 4 is 11.9 Å². The van der Waals surface area contributed by atoms with E-state index in [1.807, 2.05) is 0 Å². The lowest BCUT2D eigenvalue weighted by atomic mass is 9.32. The van der Waals surface area contributed by atoms with E-state index >= 15 is 0 Å². The molecule has 5 saturated carbocycles. The molecule has 5 fully saturated rings. The highest BCUT2D eigenvalue weighted by atomic mass is 16.5. The van der Waals surface area contributed by atoms with Gasteiger partial charge in [-0.25, -0.2) is 0 Å². The summed E-state index contributed by atoms with van der Waals surface area (Å²) in [5.74, 6) is 2.85. The minimum absolute atomic E-state index is 0.00118. The van der Waals surface area contributed by atoms with Crippen molar-refractivity contribution in [3.05, 3.63) is 37.0 Å². The van der Waals surface area contributed by atoms with Gasteiger partial charge in [0.25, 0.3) is 0 Å². The molecule has 8 nitrogen and oxygen atoms in total. The second kappa shape index (κ2) is 15.9. The fourth-order valence-electron chi connectivity index (χ4n) is 15.4. The van der Waals surface area contributed by atoms with Crippen LogP contribution in [0.15, 0.2) is 37.0 Å². The zero-order chi connectivity index (χ0) is 41.9. The number of carbonyl (C=O) groups excluding carboxylic acids is 2. The van der Waals surface area contributed by atoms with Crippen molar-refractivity contribution in [1.82, 2.24) is 9.80 Å². The number of nitrogens with zero attached hydrogens (tertiary/aromatic N) is 4. The number of fused-ring (bicyclic) bond motifs is 7. The summed E-state index contributed by atoms with van der Waals surface area (Å²) >= 11 is 0. The molecular formula is C50H84N4O4+2. The second-order valence-corrected chi connectivity index (χ2v) is 23.2. The molecule has 6 unspecified atom stereocenters. The van der Waals surface area contributed by atoms with E-state index in [4.69, 9.17) is 9.47 Å². The predicted molar refractivity (Wildman–Crippen MR) is 234 cm³/mol. The fraction of sp³-hybridized carbons (Fsp3) is 0.840. The lowest BCUT2D eigenvalue weighted by Gasteiger charge is -2.73. The summed E-state index contributed by atoms with van der Waals surface area (Å²) in [6.45, 7) is 26.6. The van der Waals surface area contributed by atoms with Crippen molar-refractivity contribution in [2.45, 2.75) is 138 Å². The summed E-state index contributed by atoms with van der Waals surface area (Å²) in [5, 5.41) is 0. The molecule has 326 valence electrons. The molecule has 0 aromatic rings. The van der Waals surface area contributed by atoms with E-state index < -0.39 is 0 Å². The number of rotatable bonds is 12. The summed E-state index contributed by atoms with van der Waals surface area (Å²) in [7, 11) is 8.80. The van der Waals surface area contributed by atoms with Gasteiger partial charge in [-0.15, -0.1) is 0 Å². The largest absolute Gasteiger partial charge is 0.465 e. The summed E-state index contributed by atoms with van der Waals surface area (Å²) in [6, 6.07) is 0. The third-order valence-electron chi connectivity index (χ3n) is 19.4. The van der Waals surface area contributed by atoms with E-state index in [2.05, 4.69) is 111 Å². The Kier molecular flexibility index (Phi) is 12.0. The SMILES string of the molecule is C=C(C)[C@@H]1CC[C@]2(COC(=O)CCC[N+]3(C)C=CN(C)CC3)CC[C@]3(C)C(CCC4[C@@]5(C)CC[C@H](OC(=O)CCC[N+]6(C)C=CN(C)CC6)C(C)(C)C5CC[C@]43C)C12. The van der Waals surface area contributed by atoms with Gasteiger partial charge in [-0.2, -0.15) is 0 Å². The van der Waals surface area contributed by atoms with Crippen LogP contribution in [0.3, 0.4) is 0 Å². The lowest BCUT2D eigenvalue weighted by Crippen LogP contribution is -2.67. The first-order chi connectivity index (χ1) is 27.2. The summed E-state index contributed by atoms with van der Waals surface area (Å²) in [5.41, 5.74) is 2.07. The van der Waals surface area contributed by atoms with E-state index in [-0.39, 0.29) is 45.1 Å². The van der Waals surface area contributed by atoms with Crippen LogP contribution in [-0.2, 0) is 19.1 Å². The van der Waals surface area contributed by atoms with Crippen molar-refractivity contribution in [2.24, 2.45) is 56.7 Å². The maximum absolute atomic E-state index is 13.4. The fourth-order valence-corrected chi connectivity index (χ4v) is 15.4. The zero-order valence-electron chi connectivity index (χ0n) is 38.8. The minimum Gasteiger partial charge on any atom is -0.465 e. The first-order valence-electron chi connectivity index (χ1n) is 23.7. The molecule has 0 spiro atoms. The van der Waals surface area contributed by atoms with Gasteiger partial charge < -0.3 is 19.3 Å². The quantitative estimate of drug-likeness (QED) is 0.111. The molecule has 12 atom stereocenters. The van der Waals surface area contributed by atoms with Crippen LogP contribution in [-0.4, -0.2) is 111 Å². The van der Waals surface area contributed by atoms with Crippen LogP contribution in [0.1, 0.15) is 131 Å². The van der Waals surface area contributed by atoms with E-state index in [0.717, 1.165) is 86.8 Å². The molecule has 7 aliphatic rings. The smallest absolute Gasteiger partial charge is 0.306 e. The summed E-state index contributed by atoms with van der Waals surface area (Å²) < 4.78 is 14.6.